The van der Waals surface area contributed by atoms with Gasteiger partial charge in [0.2, 0.25) is 0 Å². The molecule has 1 aliphatic rings. The number of piperazine rings is 1. The molecule has 0 saturated carbocycles. The Balaban J connectivity index is 2.04. The third-order valence-electron chi connectivity index (χ3n) is 3.73. The minimum absolute atomic E-state index is 0.352. The largest absolute Gasteiger partial charge is 0.387 e. The standard InChI is InChI=1S/C12H21ClN4O/c1-15-4-5-16(2)9(8-15)6-11(18)12-10(13)7-14-17(12)3/h7,9,11,18H,4-6,8H2,1-3H3. The molecule has 0 bridgehead atoms. The molecule has 1 N–H and O–H groups in total. The van der Waals surface area contributed by atoms with Crippen molar-refractivity contribution in [3.8, 4) is 0 Å². The Bertz CT molecular complexity index is 389. The maximum atomic E-state index is 10.3. The highest BCUT2D eigenvalue weighted by Crippen LogP contribution is 2.27. The Labute approximate surface area is 113 Å². The number of hydrogen-bond acceptors (Lipinski definition) is 4. The van der Waals surface area contributed by atoms with Crippen LogP contribution in [0.4, 0.5) is 0 Å². The normalized spacial score (nSPS) is 24.4. The van der Waals surface area contributed by atoms with Gasteiger partial charge >= 0.3 is 0 Å². The van der Waals surface area contributed by atoms with Crippen LogP contribution in [-0.2, 0) is 7.05 Å². The molecule has 0 aromatic carbocycles. The molecule has 1 saturated heterocycles. The minimum Gasteiger partial charge on any atom is -0.387 e. The summed E-state index contributed by atoms with van der Waals surface area (Å²) in [6.45, 7) is 3.09. The molecule has 2 rings (SSSR count). The third kappa shape index (κ3) is 2.85. The van der Waals surface area contributed by atoms with Crippen LogP contribution in [-0.4, -0.2) is 64.5 Å². The number of aromatic nitrogens is 2. The fourth-order valence-electron chi connectivity index (χ4n) is 2.52. The molecule has 1 aromatic rings. The highest BCUT2D eigenvalue weighted by molar-refractivity contribution is 6.31. The molecule has 1 aromatic heterocycles. The van der Waals surface area contributed by atoms with Gasteiger partial charge in [0.1, 0.15) is 0 Å². The molecule has 2 unspecified atom stereocenters. The Hall–Kier alpha value is -0.620. The number of rotatable bonds is 3. The predicted molar refractivity (Wildman–Crippen MR) is 71.7 cm³/mol. The average molecular weight is 273 g/mol. The van der Waals surface area contributed by atoms with Crippen molar-refractivity contribution in [2.24, 2.45) is 7.05 Å². The Morgan fingerprint density at radius 1 is 1.44 bits per heavy atom. The summed E-state index contributed by atoms with van der Waals surface area (Å²) >= 11 is 6.06. The zero-order valence-corrected chi connectivity index (χ0v) is 11.9. The smallest absolute Gasteiger partial charge is 0.0987 e. The monoisotopic (exact) mass is 272 g/mol. The molecule has 0 amide bonds. The summed E-state index contributed by atoms with van der Waals surface area (Å²) in [6.07, 6.45) is 1.70. The van der Waals surface area contributed by atoms with Gasteiger partial charge in [-0.3, -0.25) is 4.68 Å². The number of aliphatic hydroxyl groups excluding tert-OH is 1. The molecule has 18 heavy (non-hydrogen) atoms. The quantitative estimate of drug-likeness (QED) is 0.882. The van der Waals surface area contributed by atoms with Crippen LogP contribution in [0.1, 0.15) is 18.2 Å². The van der Waals surface area contributed by atoms with Gasteiger partial charge in [-0.05, 0) is 20.5 Å². The van der Waals surface area contributed by atoms with Crippen LogP contribution in [0, 0.1) is 0 Å². The van der Waals surface area contributed by atoms with Crippen molar-refractivity contribution in [3.63, 3.8) is 0 Å². The summed E-state index contributed by atoms with van der Waals surface area (Å²) in [4.78, 5) is 4.59. The number of hydrogen-bond donors (Lipinski definition) is 1. The predicted octanol–water partition coefficient (Wildman–Crippen LogP) is 0.743. The Kier molecular flexibility index (Phi) is 4.27. The minimum atomic E-state index is -0.566. The van der Waals surface area contributed by atoms with Gasteiger partial charge in [-0.25, -0.2) is 0 Å². The highest BCUT2D eigenvalue weighted by atomic mass is 35.5. The molecule has 6 heteroatoms. The van der Waals surface area contributed by atoms with E-state index in [0.717, 1.165) is 19.6 Å². The lowest BCUT2D eigenvalue weighted by Crippen LogP contribution is -2.50. The molecule has 2 heterocycles. The van der Waals surface area contributed by atoms with Crippen molar-refractivity contribution >= 4 is 11.6 Å². The number of aliphatic hydroxyl groups is 1. The van der Waals surface area contributed by atoms with Gasteiger partial charge in [0, 0.05) is 32.7 Å². The van der Waals surface area contributed by atoms with Gasteiger partial charge in [0.25, 0.3) is 0 Å². The van der Waals surface area contributed by atoms with Crippen molar-refractivity contribution in [2.75, 3.05) is 33.7 Å². The summed E-state index contributed by atoms with van der Waals surface area (Å²) < 4.78 is 1.65. The summed E-state index contributed by atoms with van der Waals surface area (Å²) in [5.41, 5.74) is 0.707. The SMILES string of the molecule is CN1CCN(C)C(CC(O)c2c(Cl)cnn2C)C1. The molecular formula is C12H21ClN4O. The van der Waals surface area contributed by atoms with Gasteiger partial charge in [0.05, 0.1) is 23.0 Å². The lowest BCUT2D eigenvalue weighted by Gasteiger charge is -2.38. The molecule has 0 radical (unpaired) electrons. The average Bonchev–Trinajstić information content (AvgIpc) is 2.63. The van der Waals surface area contributed by atoms with E-state index in [4.69, 9.17) is 11.6 Å². The van der Waals surface area contributed by atoms with Crippen molar-refractivity contribution in [3.05, 3.63) is 16.9 Å². The van der Waals surface area contributed by atoms with Gasteiger partial charge < -0.3 is 14.9 Å². The second-order valence-corrected chi connectivity index (χ2v) is 5.56. The van der Waals surface area contributed by atoms with E-state index >= 15 is 0 Å². The summed E-state index contributed by atoms with van der Waals surface area (Å²) in [5.74, 6) is 0. The zero-order chi connectivity index (χ0) is 13.3. The van der Waals surface area contributed by atoms with Crippen molar-refractivity contribution in [1.29, 1.82) is 0 Å². The molecule has 1 fully saturated rings. The van der Waals surface area contributed by atoms with E-state index in [1.54, 1.807) is 17.9 Å². The van der Waals surface area contributed by atoms with Crippen LogP contribution in [0.3, 0.4) is 0 Å². The van der Waals surface area contributed by atoms with E-state index in [9.17, 15) is 5.11 Å². The van der Waals surface area contributed by atoms with Crippen molar-refractivity contribution < 1.29 is 5.11 Å². The third-order valence-corrected chi connectivity index (χ3v) is 4.02. The first kappa shape index (κ1) is 13.8. The first-order chi connectivity index (χ1) is 8.49. The summed E-state index contributed by atoms with van der Waals surface area (Å²) in [6, 6.07) is 0.352. The van der Waals surface area contributed by atoms with Crippen LogP contribution in [0.2, 0.25) is 5.02 Å². The second-order valence-electron chi connectivity index (χ2n) is 5.15. The van der Waals surface area contributed by atoms with E-state index in [-0.39, 0.29) is 0 Å². The van der Waals surface area contributed by atoms with Crippen LogP contribution < -0.4 is 0 Å². The lowest BCUT2D eigenvalue weighted by molar-refractivity contribution is 0.0605. The van der Waals surface area contributed by atoms with E-state index in [1.165, 1.54) is 0 Å². The number of halogens is 1. The van der Waals surface area contributed by atoms with E-state index < -0.39 is 6.10 Å². The van der Waals surface area contributed by atoms with Crippen LogP contribution >= 0.6 is 11.6 Å². The molecular weight excluding hydrogens is 252 g/mol. The Morgan fingerprint density at radius 3 is 2.78 bits per heavy atom. The highest BCUT2D eigenvalue weighted by Gasteiger charge is 2.27. The van der Waals surface area contributed by atoms with E-state index in [1.807, 2.05) is 0 Å². The first-order valence-electron chi connectivity index (χ1n) is 6.23. The number of likely N-dealkylation sites (N-methyl/N-ethyl adjacent to an activating group) is 2. The van der Waals surface area contributed by atoms with Crippen LogP contribution in [0.25, 0.3) is 0 Å². The first-order valence-corrected chi connectivity index (χ1v) is 6.61. The van der Waals surface area contributed by atoms with E-state index in [2.05, 4.69) is 29.0 Å². The van der Waals surface area contributed by atoms with Crippen molar-refractivity contribution in [2.45, 2.75) is 18.6 Å². The van der Waals surface area contributed by atoms with Gasteiger partial charge in [0.15, 0.2) is 0 Å². The second kappa shape index (κ2) is 5.57. The maximum Gasteiger partial charge on any atom is 0.0987 e. The number of aryl methyl sites for hydroxylation is 1. The molecule has 2 atom stereocenters. The number of nitrogens with zero attached hydrogens (tertiary/aromatic N) is 4. The molecule has 1 aliphatic heterocycles. The fraction of sp³-hybridized carbons (Fsp3) is 0.750. The molecule has 102 valence electrons. The van der Waals surface area contributed by atoms with E-state index in [0.29, 0.717) is 23.2 Å². The Morgan fingerprint density at radius 2 is 2.17 bits per heavy atom. The van der Waals surface area contributed by atoms with Gasteiger partial charge in [-0.1, -0.05) is 11.6 Å². The lowest BCUT2D eigenvalue weighted by atomic mass is 10.0. The summed E-state index contributed by atoms with van der Waals surface area (Å²) in [7, 11) is 6.03. The topological polar surface area (TPSA) is 44.5 Å². The van der Waals surface area contributed by atoms with Gasteiger partial charge in [-0.15, -0.1) is 0 Å². The zero-order valence-electron chi connectivity index (χ0n) is 11.2. The van der Waals surface area contributed by atoms with Crippen LogP contribution in [0.5, 0.6) is 0 Å². The van der Waals surface area contributed by atoms with Gasteiger partial charge in [-0.2, -0.15) is 5.10 Å². The molecule has 0 aliphatic carbocycles. The maximum absolute atomic E-state index is 10.3. The molecule has 0 spiro atoms. The van der Waals surface area contributed by atoms with Crippen LogP contribution in [0.15, 0.2) is 6.20 Å². The van der Waals surface area contributed by atoms with Crippen molar-refractivity contribution in [1.82, 2.24) is 19.6 Å². The molecule has 5 nitrogen and oxygen atoms in total. The summed E-state index contributed by atoms with van der Waals surface area (Å²) in [5, 5.41) is 14.9. The fourth-order valence-corrected chi connectivity index (χ4v) is 2.81.